The molecule has 0 aromatic rings. The molecular formula is C4H8F2. The maximum absolute atomic E-state index is 11.4. The van der Waals surface area contributed by atoms with Crippen molar-refractivity contribution in [3.05, 3.63) is 0 Å². The zero-order chi connectivity index (χ0) is 5.15. The van der Waals surface area contributed by atoms with Gasteiger partial charge in [-0.1, -0.05) is 0 Å². The molecule has 0 saturated heterocycles. The molecule has 0 aliphatic rings. The minimum absolute atomic E-state index is 1.20. The zero-order valence-corrected chi connectivity index (χ0v) is 3.91. The molecule has 0 nitrogen and oxygen atoms in total. The van der Waals surface area contributed by atoms with Gasteiger partial charge in [0.05, 0.1) is 0 Å². The Hall–Kier alpha value is -0.140. The summed E-state index contributed by atoms with van der Waals surface area (Å²) < 4.78 is 22.9. The predicted octanol–water partition coefficient (Wildman–Crippen LogP) is 1.70. The van der Waals surface area contributed by atoms with E-state index in [1.807, 2.05) is 0 Å². The van der Waals surface area contributed by atoms with Crippen LogP contribution in [0.4, 0.5) is 8.78 Å². The van der Waals surface area contributed by atoms with Crippen LogP contribution in [0.2, 0.25) is 0 Å². The third kappa shape index (κ3) is 2.12. The molecule has 0 aliphatic carbocycles. The molecular weight excluding hydrogens is 86.0 g/mol. The van der Waals surface area contributed by atoms with E-state index in [4.69, 9.17) is 0 Å². The van der Waals surface area contributed by atoms with E-state index in [0.29, 0.717) is 0 Å². The molecule has 0 rings (SSSR count). The van der Waals surface area contributed by atoms with Gasteiger partial charge in [-0.05, 0) is 13.8 Å². The van der Waals surface area contributed by atoms with Crippen molar-refractivity contribution in [2.24, 2.45) is 0 Å². The van der Waals surface area contributed by atoms with Crippen molar-refractivity contribution < 1.29 is 8.78 Å². The standard InChI is InChI=1S/C4H8F2/c1-3(5)4(2)6/h3-4H,1-2H3/t3-,4?/m0/s1. The van der Waals surface area contributed by atoms with Crippen LogP contribution in [0.3, 0.4) is 0 Å². The Bertz CT molecular complexity index is 26.5. The molecule has 0 aromatic heterocycles. The van der Waals surface area contributed by atoms with E-state index >= 15 is 0 Å². The number of rotatable bonds is 1. The molecule has 6 heavy (non-hydrogen) atoms. The molecule has 0 bridgehead atoms. The van der Waals surface area contributed by atoms with Crippen LogP contribution >= 0.6 is 0 Å². The van der Waals surface area contributed by atoms with Crippen LogP contribution < -0.4 is 0 Å². The van der Waals surface area contributed by atoms with Gasteiger partial charge in [0, 0.05) is 0 Å². The summed E-state index contributed by atoms with van der Waals surface area (Å²) in [5.41, 5.74) is 0. The first-order valence-electron chi connectivity index (χ1n) is 1.92. The highest BCUT2D eigenvalue weighted by Crippen LogP contribution is 1.98. The van der Waals surface area contributed by atoms with Gasteiger partial charge in [0.2, 0.25) is 0 Å². The van der Waals surface area contributed by atoms with Crippen LogP contribution in [0, 0.1) is 0 Å². The van der Waals surface area contributed by atoms with Gasteiger partial charge >= 0.3 is 0 Å². The van der Waals surface area contributed by atoms with Gasteiger partial charge in [-0.15, -0.1) is 0 Å². The quantitative estimate of drug-likeness (QED) is 0.464. The second-order valence-electron chi connectivity index (χ2n) is 1.36. The number of halogens is 2. The molecule has 0 saturated carbocycles. The molecule has 0 spiro atoms. The molecule has 2 heteroatoms. The fourth-order valence-electron chi connectivity index (χ4n) is 0. The summed E-state index contributed by atoms with van der Waals surface area (Å²) >= 11 is 0. The first-order chi connectivity index (χ1) is 2.64. The summed E-state index contributed by atoms with van der Waals surface area (Å²) in [6.07, 6.45) is -2.63. The average Bonchev–Trinajstić information content (AvgIpc) is 1.36. The molecule has 0 N–H and O–H groups in total. The Kier molecular flexibility index (Phi) is 2.06. The van der Waals surface area contributed by atoms with Crippen LogP contribution in [0.25, 0.3) is 0 Å². The molecule has 0 radical (unpaired) electrons. The zero-order valence-electron chi connectivity index (χ0n) is 3.91. The maximum atomic E-state index is 11.4. The summed E-state index contributed by atoms with van der Waals surface area (Å²) in [5, 5.41) is 0. The normalized spacial score (nSPS) is 20.0. The second-order valence-corrected chi connectivity index (χ2v) is 1.36. The van der Waals surface area contributed by atoms with Crippen LogP contribution in [-0.2, 0) is 0 Å². The van der Waals surface area contributed by atoms with E-state index in [9.17, 15) is 8.78 Å². The Morgan fingerprint density at radius 2 is 1.17 bits per heavy atom. The van der Waals surface area contributed by atoms with Crippen LogP contribution in [0.15, 0.2) is 0 Å². The van der Waals surface area contributed by atoms with Crippen molar-refractivity contribution in [3.63, 3.8) is 0 Å². The second kappa shape index (κ2) is 2.11. The van der Waals surface area contributed by atoms with E-state index in [1.165, 1.54) is 13.8 Å². The lowest BCUT2D eigenvalue weighted by Gasteiger charge is -1.97. The van der Waals surface area contributed by atoms with Crippen LogP contribution in [-0.4, -0.2) is 12.3 Å². The molecule has 38 valence electrons. The third-order valence-electron chi connectivity index (χ3n) is 0.633. The molecule has 0 heterocycles. The van der Waals surface area contributed by atoms with Crippen molar-refractivity contribution in [2.75, 3.05) is 0 Å². The van der Waals surface area contributed by atoms with Gasteiger partial charge < -0.3 is 0 Å². The maximum Gasteiger partial charge on any atom is 0.128 e. The summed E-state index contributed by atoms with van der Waals surface area (Å²) in [6.45, 7) is 2.40. The van der Waals surface area contributed by atoms with E-state index in [2.05, 4.69) is 0 Å². The first-order valence-corrected chi connectivity index (χ1v) is 1.92. The summed E-state index contributed by atoms with van der Waals surface area (Å²) in [7, 11) is 0. The molecule has 2 atom stereocenters. The fourth-order valence-corrected chi connectivity index (χ4v) is 0. The molecule has 0 amide bonds. The Balaban J connectivity index is 2.99. The van der Waals surface area contributed by atoms with Gasteiger partial charge in [0.15, 0.2) is 0 Å². The van der Waals surface area contributed by atoms with Gasteiger partial charge in [0.25, 0.3) is 0 Å². The Morgan fingerprint density at radius 1 is 1.00 bits per heavy atom. The van der Waals surface area contributed by atoms with Crippen molar-refractivity contribution in [1.82, 2.24) is 0 Å². The molecule has 0 fully saturated rings. The lowest BCUT2D eigenvalue weighted by atomic mass is 10.3. The SMILES string of the molecule is CC(F)[C@H](C)F. The van der Waals surface area contributed by atoms with Gasteiger partial charge in [-0.2, -0.15) is 0 Å². The van der Waals surface area contributed by atoms with Gasteiger partial charge in [-0.3, -0.25) is 0 Å². The first kappa shape index (κ1) is 5.86. The predicted molar refractivity (Wildman–Crippen MR) is 21.1 cm³/mol. The van der Waals surface area contributed by atoms with Crippen molar-refractivity contribution >= 4 is 0 Å². The summed E-state index contributed by atoms with van der Waals surface area (Å²) in [4.78, 5) is 0. The monoisotopic (exact) mass is 94.1 g/mol. The summed E-state index contributed by atoms with van der Waals surface area (Å²) in [5.74, 6) is 0. The van der Waals surface area contributed by atoms with Crippen molar-refractivity contribution in [1.29, 1.82) is 0 Å². The van der Waals surface area contributed by atoms with E-state index in [1.54, 1.807) is 0 Å². The minimum atomic E-state index is -1.31. The van der Waals surface area contributed by atoms with E-state index < -0.39 is 12.3 Å². The number of hydrogen-bond acceptors (Lipinski definition) is 0. The van der Waals surface area contributed by atoms with Gasteiger partial charge in [-0.25, -0.2) is 8.78 Å². The molecule has 0 aromatic carbocycles. The lowest BCUT2D eigenvalue weighted by molar-refractivity contribution is 0.199. The number of hydrogen-bond donors (Lipinski definition) is 0. The van der Waals surface area contributed by atoms with Crippen LogP contribution in [0.5, 0.6) is 0 Å². The largest absolute Gasteiger partial charge is 0.245 e. The number of alkyl halides is 2. The van der Waals surface area contributed by atoms with E-state index in [-0.39, 0.29) is 0 Å². The fraction of sp³-hybridized carbons (Fsp3) is 1.00. The van der Waals surface area contributed by atoms with Crippen molar-refractivity contribution in [2.45, 2.75) is 26.2 Å². The minimum Gasteiger partial charge on any atom is -0.245 e. The lowest BCUT2D eigenvalue weighted by Crippen LogP contribution is -2.06. The molecule has 1 unspecified atom stereocenters. The molecule has 0 aliphatic heterocycles. The van der Waals surface area contributed by atoms with Crippen molar-refractivity contribution in [3.8, 4) is 0 Å². The smallest absolute Gasteiger partial charge is 0.128 e. The highest BCUT2D eigenvalue weighted by molar-refractivity contribution is 4.52. The average molecular weight is 94.1 g/mol. The third-order valence-corrected chi connectivity index (χ3v) is 0.633. The topological polar surface area (TPSA) is 0 Å². The Labute approximate surface area is 36.2 Å². The highest BCUT2D eigenvalue weighted by Gasteiger charge is 2.05. The van der Waals surface area contributed by atoms with Crippen LogP contribution in [0.1, 0.15) is 13.8 Å². The van der Waals surface area contributed by atoms with Gasteiger partial charge in [0.1, 0.15) is 12.3 Å². The highest BCUT2D eigenvalue weighted by atomic mass is 19.2. The van der Waals surface area contributed by atoms with E-state index in [0.717, 1.165) is 0 Å². The summed E-state index contributed by atoms with van der Waals surface area (Å²) in [6, 6.07) is 0. The Morgan fingerprint density at radius 3 is 1.17 bits per heavy atom.